The number of hydrogen-bond donors (Lipinski definition) is 4. The second-order valence-corrected chi connectivity index (χ2v) is 10.4. The van der Waals surface area contributed by atoms with Crippen LogP contribution >= 0.6 is 0 Å². The predicted molar refractivity (Wildman–Crippen MR) is 146 cm³/mol. The highest BCUT2D eigenvalue weighted by Gasteiger charge is 2.34. The maximum absolute atomic E-state index is 13.3. The molecule has 1 aromatic carbocycles. The Hall–Kier alpha value is -3.40. The lowest BCUT2D eigenvalue weighted by molar-refractivity contribution is -0.144. The van der Waals surface area contributed by atoms with E-state index in [0.29, 0.717) is 25.9 Å². The van der Waals surface area contributed by atoms with Gasteiger partial charge in [-0.05, 0) is 75.9 Å². The molecule has 2 aliphatic heterocycles. The van der Waals surface area contributed by atoms with Gasteiger partial charge < -0.3 is 30.5 Å². The number of hydrogen-bond acceptors (Lipinski definition) is 5. The number of amides is 2. The molecule has 2 fully saturated rings. The Morgan fingerprint density at radius 2 is 1.97 bits per heavy atom. The number of nitrogen functional groups attached to an aromatic ring is 1. The van der Waals surface area contributed by atoms with E-state index in [9.17, 15) is 14.4 Å². The average molecular weight is 525 g/mol. The fourth-order valence-electron chi connectivity index (χ4n) is 5.90. The molecule has 0 saturated carbocycles. The minimum Gasteiger partial charge on any atom is -0.481 e. The molecule has 2 saturated heterocycles. The van der Waals surface area contributed by atoms with E-state index in [2.05, 4.69) is 22.9 Å². The van der Waals surface area contributed by atoms with Crippen molar-refractivity contribution in [1.82, 2.24) is 19.7 Å². The van der Waals surface area contributed by atoms with Crippen molar-refractivity contribution in [2.24, 2.45) is 5.73 Å². The fourth-order valence-corrected chi connectivity index (χ4v) is 5.90. The average Bonchev–Trinajstić information content (AvgIpc) is 3.50. The first-order valence-corrected chi connectivity index (χ1v) is 13.8. The molecule has 2 atom stereocenters. The number of aromatic nitrogens is 1. The number of piperidine rings is 1. The third-order valence-corrected chi connectivity index (χ3v) is 7.86. The van der Waals surface area contributed by atoms with Crippen LogP contribution in [0.5, 0.6) is 0 Å². The summed E-state index contributed by atoms with van der Waals surface area (Å²) in [5.41, 5.74) is 8.70. The number of carbonyl (C=O) groups is 3. The van der Waals surface area contributed by atoms with E-state index in [0.717, 1.165) is 61.7 Å². The Labute approximate surface area is 223 Å². The first-order chi connectivity index (χ1) is 18.3. The van der Waals surface area contributed by atoms with Crippen LogP contribution < -0.4 is 11.1 Å². The summed E-state index contributed by atoms with van der Waals surface area (Å²) < 4.78 is 2.26. The van der Waals surface area contributed by atoms with Gasteiger partial charge in [0.05, 0.1) is 12.6 Å². The molecule has 2 aromatic rings. The predicted octanol–water partition coefficient (Wildman–Crippen LogP) is 2.31. The van der Waals surface area contributed by atoms with Crippen LogP contribution in [0.4, 0.5) is 0 Å². The summed E-state index contributed by atoms with van der Waals surface area (Å²) in [6.07, 6.45) is 5.73. The molecule has 10 nitrogen and oxygen atoms in total. The number of carboxylic acid groups (broad SMARTS) is 1. The molecule has 0 unspecified atom stereocenters. The van der Waals surface area contributed by atoms with E-state index in [-0.39, 0.29) is 42.7 Å². The highest BCUT2D eigenvalue weighted by atomic mass is 16.4. The van der Waals surface area contributed by atoms with E-state index in [1.54, 1.807) is 4.90 Å². The molecule has 0 radical (unpaired) electrons. The fraction of sp³-hybridized carbons (Fsp3) is 0.571. The first kappa shape index (κ1) is 27.6. The molecule has 0 aliphatic carbocycles. The largest absolute Gasteiger partial charge is 0.481 e. The number of likely N-dealkylation sites (tertiary alicyclic amines) is 2. The normalized spacial score (nSPS) is 19.9. The van der Waals surface area contributed by atoms with Gasteiger partial charge in [-0.25, -0.2) is 0 Å². The maximum atomic E-state index is 13.3. The van der Waals surface area contributed by atoms with Gasteiger partial charge >= 0.3 is 5.97 Å². The summed E-state index contributed by atoms with van der Waals surface area (Å²) in [6, 6.07) is 7.86. The zero-order valence-electron chi connectivity index (χ0n) is 22.2. The summed E-state index contributed by atoms with van der Waals surface area (Å²) in [5, 5.41) is 20.9. The van der Waals surface area contributed by atoms with Gasteiger partial charge in [-0.2, -0.15) is 0 Å². The summed E-state index contributed by atoms with van der Waals surface area (Å²) >= 11 is 0. The van der Waals surface area contributed by atoms with Crippen molar-refractivity contribution < 1.29 is 19.5 Å². The van der Waals surface area contributed by atoms with Crippen LogP contribution in [0.2, 0.25) is 0 Å². The number of amidine groups is 1. The first-order valence-electron chi connectivity index (χ1n) is 13.8. The number of aliphatic carboxylic acids is 1. The maximum Gasteiger partial charge on any atom is 0.303 e. The molecule has 5 N–H and O–H groups in total. The van der Waals surface area contributed by atoms with Crippen molar-refractivity contribution in [1.29, 1.82) is 5.41 Å². The lowest BCUT2D eigenvalue weighted by Gasteiger charge is -2.34. The molecule has 10 heteroatoms. The molecule has 38 heavy (non-hydrogen) atoms. The number of aryl methyl sites for hydroxylation is 2. The molecule has 2 amide bonds. The highest BCUT2D eigenvalue weighted by molar-refractivity contribution is 5.98. The monoisotopic (exact) mass is 524 g/mol. The Morgan fingerprint density at radius 1 is 1.18 bits per heavy atom. The third kappa shape index (κ3) is 6.35. The smallest absolute Gasteiger partial charge is 0.303 e. The Kier molecular flexibility index (Phi) is 9.04. The number of nitrogens with zero attached hydrogens (tertiary/aromatic N) is 3. The second kappa shape index (κ2) is 12.4. The van der Waals surface area contributed by atoms with E-state index >= 15 is 0 Å². The lowest BCUT2D eigenvalue weighted by atomic mass is 10.0. The highest BCUT2D eigenvalue weighted by Crippen LogP contribution is 2.26. The van der Waals surface area contributed by atoms with Gasteiger partial charge in [0.15, 0.2) is 0 Å². The van der Waals surface area contributed by atoms with Crippen molar-refractivity contribution in [3.63, 3.8) is 0 Å². The molecule has 2 aliphatic rings. The topological polar surface area (TPSA) is 145 Å². The van der Waals surface area contributed by atoms with E-state index < -0.39 is 5.97 Å². The molecule has 206 valence electrons. The molecular weight excluding hydrogens is 484 g/mol. The quantitative estimate of drug-likeness (QED) is 0.191. The van der Waals surface area contributed by atoms with Gasteiger partial charge in [0.25, 0.3) is 0 Å². The van der Waals surface area contributed by atoms with Crippen molar-refractivity contribution in [2.75, 3.05) is 26.2 Å². The zero-order valence-corrected chi connectivity index (χ0v) is 22.2. The van der Waals surface area contributed by atoms with Crippen molar-refractivity contribution in [3.8, 4) is 0 Å². The van der Waals surface area contributed by atoms with Gasteiger partial charge in [-0.3, -0.25) is 19.8 Å². The van der Waals surface area contributed by atoms with Crippen LogP contribution in [-0.4, -0.2) is 81.4 Å². The van der Waals surface area contributed by atoms with E-state index in [1.807, 2.05) is 23.1 Å². The SMILES string of the molecule is CCn1c(CC[C@@H]2CCCN2C(=O)CN2CCC[C@H](NCCCC(=O)O)C2=O)cc2ccc(C(=N)N)cc21. The van der Waals surface area contributed by atoms with Crippen LogP contribution in [0.1, 0.15) is 63.1 Å². The second-order valence-electron chi connectivity index (χ2n) is 10.4. The van der Waals surface area contributed by atoms with E-state index in [4.69, 9.17) is 16.2 Å². The van der Waals surface area contributed by atoms with Crippen LogP contribution in [0.3, 0.4) is 0 Å². The standard InChI is InChI=1S/C28H40N6O4/c1-2-33-22(16-19-9-10-20(27(29)30)17-24(19)33)12-11-21-6-4-15-34(21)25(35)18-32-14-5-7-23(28(32)38)31-13-3-8-26(36)37/h9-10,16-17,21,23,31H,2-8,11-15,18H2,1H3,(H3,29,30)(H,36,37)/t21-,23-/m0/s1. The molecule has 3 heterocycles. The number of benzene rings is 1. The summed E-state index contributed by atoms with van der Waals surface area (Å²) in [6.45, 7) is 4.81. The minimum absolute atomic E-state index is 0.00881. The van der Waals surface area contributed by atoms with E-state index in [1.165, 1.54) is 5.69 Å². The Bertz CT molecular complexity index is 1190. The molecule has 0 bridgehead atoms. The number of nitrogens with one attached hydrogen (secondary N) is 2. The summed E-state index contributed by atoms with van der Waals surface area (Å²) in [5.74, 6) is -0.833. The number of carbonyl (C=O) groups excluding carboxylic acids is 2. The van der Waals surface area contributed by atoms with Crippen LogP contribution in [0.15, 0.2) is 24.3 Å². The van der Waals surface area contributed by atoms with Crippen LogP contribution in [0, 0.1) is 5.41 Å². The minimum atomic E-state index is -0.840. The number of fused-ring (bicyclic) bond motifs is 1. The number of nitrogens with two attached hydrogens (primary N) is 1. The number of rotatable bonds is 12. The zero-order chi connectivity index (χ0) is 27.2. The summed E-state index contributed by atoms with van der Waals surface area (Å²) in [4.78, 5) is 40.6. The number of carboxylic acids is 1. The van der Waals surface area contributed by atoms with Gasteiger partial charge in [0, 0.05) is 48.9 Å². The van der Waals surface area contributed by atoms with Gasteiger partial charge in [-0.1, -0.05) is 12.1 Å². The Balaban J connectivity index is 1.34. The molecular formula is C28H40N6O4. The molecule has 0 spiro atoms. The molecule has 4 rings (SSSR count). The molecule has 1 aromatic heterocycles. The van der Waals surface area contributed by atoms with Crippen molar-refractivity contribution in [3.05, 3.63) is 35.5 Å². The Morgan fingerprint density at radius 3 is 2.71 bits per heavy atom. The lowest BCUT2D eigenvalue weighted by Crippen LogP contribution is -2.54. The van der Waals surface area contributed by atoms with Gasteiger partial charge in [-0.15, -0.1) is 0 Å². The third-order valence-electron chi connectivity index (χ3n) is 7.86. The van der Waals surface area contributed by atoms with Crippen molar-refractivity contribution in [2.45, 2.75) is 76.9 Å². The van der Waals surface area contributed by atoms with Crippen LogP contribution in [-0.2, 0) is 27.3 Å². The van der Waals surface area contributed by atoms with Crippen LogP contribution in [0.25, 0.3) is 10.9 Å². The van der Waals surface area contributed by atoms with Gasteiger partial charge in [0.1, 0.15) is 5.84 Å². The van der Waals surface area contributed by atoms with Gasteiger partial charge in [0.2, 0.25) is 11.8 Å². The summed E-state index contributed by atoms with van der Waals surface area (Å²) in [7, 11) is 0. The van der Waals surface area contributed by atoms with Crippen molar-refractivity contribution >= 4 is 34.5 Å².